The monoisotopic (exact) mass is 550 g/mol. The minimum Gasteiger partial charge on any atom is -0.387 e. The topological polar surface area (TPSA) is 280 Å². The third kappa shape index (κ3) is 6.16. The van der Waals surface area contributed by atoms with Crippen molar-refractivity contribution in [1.29, 1.82) is 0 Å². The van der Waals surface area contributed by atoms with E-state index in [4.69, 9.17) is 25.0 Å². The van der Waals surface area contributed by atoms with Crippen molar-refractivity contribution in [2.24, 2.45) is 0 Å². The first-order valence-corrected chi connectivity index (χ1v) is 13.5. The normalized spacial score (nSPS) is 26.9. The molecule has 0 saturated carbocycles. The smallest absolute Gasteiger partial charge is 0.387 e. The zero-order valence-corrected chi connectivity index (χ0v) is 20.0. The molecule has 1 aliphatic rings. The van der Waals surface area contributed by atoms with Gasteiger partial charge in [-0.15, -0.1) is 0 Å². The van der Waals surface area contributed by atoms with E-state index in [0.29, 0.717) is 11.3 Å². The molecular weight excluding hydrogens is 529 g/mol. The molecule has 0 radical (unpaired) electrons. The van der Waals surface area contributed by atoms with E-state index in [2.05, 4.69) is 33.4 Å². The van der Waals surface area contributed by atoms with Gasteiger partial charge in [-0.05, 0) is 0 Å². The molecule has 22 heteroatoms. The summed E-state index contributed by atoms with van der Waals surface area (Å²) in [7, 11) is -13.8. The Morgan fingerprint density at radius 1 is 1.18 bits per heavy atom. The second kappa shape index (κ2) is 9.83. The number of aliphatic hydroxyl groups is 1. The van der Waals surface area contributed by atoms with Gasteiger partial charge in [0.15, 0.2) is 23.2 Å². The van der Waals surface area contributed by atoms with Gasteiger partial charge < -0.3 is 45.2 Å². The Hall–Kier alpha value is -1.56. The van der Waals surface area contributed by atoms with Crippen molar-refractivity contribution in [3.8, 4) is 0 Å². The van der Waals surface area contributed by atoms with Gasteiger partial charge in [0.25, 0.3) is 0 Å². The number of aliphatic hydroxyl groups excluding tert-OH is 1. The molecule has 3 rings (SSSR count). The number of rotatable bonds is 10. The Kier molecular flexibility index (Phi) is 7.82. The molecule has 0 aromatic carbocycles. The van der Waals surface area contributed by atoms with Crippen molar-refractivity contribution < 1.29 is 61.0 Å². The number of ether oxygens (including phenoxy) is 2. The van der Waals surface area contributed by atoms with Crippen molar-refractivity contribution in [3.63, 3.8) is 0 Å². The quantitative estimate of drug-likeness (QED) is 0.176. The van der Waals surface area contributed by atoms with E-state index in [-0.39, 0.29) is 11.6 Å². The average Bonchev–Trinajstić information content (AvgIpc) is 3.23. The van der Waals surface area contributed by atoms with Gasteiger partial charge in [-0.1, -0.05) is 0 Å². The summed E-state index contributed by atoms with van der Waals surface area (Å²) >= 11 is 0. The van der Waals surface area contributed by atoms with Gasteiger partial charge in [0.05, 0.1) is 12.9 Å². The summed E-state index contributed by atoms with van der Waals surface area (Å²) in [6.07, 6.45) is -3.64. The number of anilines is 2. The lowest BCUT2D eigenvalue weighted by Crippen LogP contribution is -2.35. The second-order valence-corrected chi connectivity index (χ2v) is 11.1. The van der Waals surface area contributed by atoms with E-state index >= 15 is 0 Å². The molecule has 34 heavy (non-hydrogen) atoms. The lowest BCUT2D eigenvalue weighted by molar-refractivity contribution is -0.0577. The molecule has 0 aliphatic carbocycles. The molecule has 8 N–H and O–H groups in total. The number of phosphoric acid groups is 3. The van der Waals surface area contributed by atoms with Crippen LogP contribution < -0.4 is 11.1 Å². The second-order valence-electron chi connectivity index (χ2n) is 6.65. The molecule has 19 nitrogen and oxygen atoms in total. The maximum atomic E-state index is 11.9. The van der Waals surface area contributed by atoms with Gasteiger partial charge in [-0.3, -0.25) is 9.09 Å². The van der Waals surface area contributed by atoms with Crippen LogP contribution in [0.1, 0.15) is 6.23 Å². The Labute approximate surface area is 190 Å². The lowest BCUT2D eigenvalue weighted by Gasteiger charge is -2.20. The van der Waals surface area contributed by atoms with Gasteiger partial charge in [-0.25, -0.2) is 18.7 Å². The third-order valence-electron chi connectivity index (χ3n) is 4.35. The van der Waals surface area contributed by atoms with Crippen molar-refractivity contribution in [2.45, 2.75) is 24.5 Å². The number of fused-ring (bicyclic) bond motifs is 1. The molecule has 0 spiro atoms. The van der Waals surface area contributed by atoms with E-state index in [1.807, 2.05) is 0 Å². The lowest BCUT2D eigenvalue weighted by atomic mass is 10.1. The fourth-order valence-corrected chi connectivity index (χ4v) is 6.13. The van der Waals surface area contributed by atoms with E-state index < -0.39 is 54.6 Å². The largest absolute Gasteiger partial charge is 0.490 e. The molecule has 1 saturated heterocycles. The summed E-state index contributed by atoms with van der Waals surface area (Å²) in [4.78, 5) is 48.2. The molecule has 1 fully saturated rings. The first kappa shape index (κ1) is 27.0. The molecule has 6 atom stereocenters. The first-order chi connectivity index (χ1) is 15.7. The molecule has 0 bridgehead atoms. The summed E-state index contributed by atoms with van der Waals surface area (Å²) in [5, 5.41) is 13.4. The highest BCUT2D eigenvalue weighted by atomic mass is 31.3. The van der Waals surface area contributed by atoms with Gasteiger partial charge >= 0.3 is 23.5 Å². The Morgan fingerprint density at radius 3 is 2.44 bits per heavy atom. The molecular formula is C12H21N6O13P3. The van der Waals surface area contributed by atoms with E-state index in [1.54, 1.807) is 7.05 Å². The number of nitrogens with two attached hydrogens (primary N) is 1. The Bertz CT molecular complexity index is 1190. The van der Waals surface area contributed by atoms with Crippen LogP contribution in [0.25, 0.3) is 11.2 Å². The zero-order chi connectivity index (χ0) is 25.5. The standard InChI is InChI=1S/C12H21N6O13P3/c1-14-9-6-10(17-12(13)16-9)18(4-15-6)11-8(27-2)7(19)5(29-11)3-28-33(23,24)31-34(25,26)30-32(20,21)22/h4-5,7-8,11,19H,3H2,1-2H3,(H,23,24)(H,25,26)(H2,20,21,22)(H3,13,14,16,17). The number of hydrogen-bond acceptors (Lipinski definition) is 14. The predicted molar refractivity (Wildman–Crippen MR) is 110 cm³/mol. The minimum atomic E-state index is -5.70. The maximum Gasteiger partial charge on any atom is 0.490 e. The molecule has 3 heterocycles. The highest BCUT2D eigenvalue weighted by Gasteiger charge is 2.48. The van der Waals surface area contributed by atoms with Crippen LogP contribution in [0, 0.1) is 0 Å². The SMILES string of the molecule is CNc1nc(N)nc2c1ncn2C1OC(COP(=O)(O)OP(=O)(O)OP(=O)(O)O)C(O)C1OC. The molecule has 0 amide bonds. The highest BCUT2D eigenvalue weighted by molar-refractivity contribution is 7.66. The minimum absolute atomic E-state index is 0.0877. The van der Waals surface area contributed by atoms with E-state index in [1.165, 1.54) is 18.0 Å². The van der Waals surface area contributed by atoms with Crippen LogP contribution in [0.4, 0.5) is 11.8 Å². The molecule has 2 aromatic heterocycles. The van der Waals surface area contributed by atoms with Crippen LogP contribution in [0.5, 0.6) is 0 Å². The van der Waals surface area contributed by atoms with Gasteiger partial charge in [0.1, 0.15) is 18.3 Å². The average molecular weight is 550 g/mol. The Morgan fingerprint density at radius 2 is 1.85 bits per heavy atom. The zero-order valence-electron chi connectivity index (χ0n) is 17.3. The summed E-state index contributed by atoms with van der Waals surface area (Å²) in [5.41, 5.74) is 6.25. The van der Waals surface area contributed by atoms with Crippen molar-refractivity contribution in [3.05, 3.63) is 6.33 Å². The summed E-state index contributed by atoms with van der Waals surface area (Å²) in [5.74, 6) is 0.230. The molecule has 1 aliphatic heterocycles. The first-order valence-electron chi connectivity index (χ1n) is 8.99. The summed E-state index contributed by atoms with van der Waals surface area (Å²) in [6.45, 7) is -0.882. The van der Waals surface area contributed by atoms with E-state index in [0.717, 1.165) is 0 Å². The summed E-state index contributed by atoms with van der Waals surface area (Å²) in [6, 6.07) is 0. The number of aromatic nitrogens is 4. The predicted octanol–water partition coefficient (Wildman–Crippen LogP) is -0.933. The molecule has 2 aromatic rings. The number of phosphoric ester groups is 1. The third-order valence-corrected chi connectivity index (χ3v) is 8.16. The number of nitrogens with zero attached hydrogens (tertiary/aromatic N) is 4. The Balaban J connectivity index is 1.77. The van der Waals surface area contributed by atoms with Gasteiger partial charge in [0, 0.05) is 14.2 Å². The molecule has 6 unspecified atom stereocenters. The molecule has 192 valence electrons. The van der Waals surface area contributed by atoms with Crippen LogP contribution in [0.2, 0.25) is 0 Å². The van der Waals surface area contributed by atoms with E-state index in [9.17, 15) is 28.6 Å². The van der Waals surface area contributed by atoms with Crippen LogP contribution in [-0.2, 0) is 36.3 Å². The van der Waals surface area contributed by atoms with Crippen LogP contribution in [-0.4, -0.2) is 83.3 Å². The fourth-order valence-electron chi connectivity index (χ4n) is 3.10. The van der Waals surface area contributed by atoms with Crippen molar-refractivity contribution >= 4 is 46.4 Å². The summed E-state index contributed by atoms with van der Waals surface area (Å²) < 4.78 is 58.2. The number of imidazole rings is 1. The van der Waals surface area contributed by atoms with Gasteiger partial charge in [-0.2, -0.15) is 18.6 Å². The van der Waals surface area contributed by atoms with Crippen LogP contribution in [0.15, 0.2) is 6.33 Å². The number of hydrogen-bond donors (Lipinski definition) is 7. The fraction of sp³-hybridized carbons (Fsp3) is 0.583. The number of nitrogen functional groups attached to an aromatic ring is 1. The maximum absolute atomic E-state index is 11.9. The van der Waals surface area contributed by atoms with Crippen LogP contribution in [0.3, 0.4) is 0 Å². The number of nitrogens with one attached hydrogen (secondary N) is 1. The van der Waals surface area contributed by atoms with Gasteiger partial charge in [0.2, 0.25) is 5.95 Å². The van der Waals surface area contributed by atoms with Crippen molar-refractivity contribution in [2.75, 3.05) is 31.8 Å². The van der Waals surface area contributed by atoms with Crippen molar-refractivity contribution in [1.82, 2.24) is 19.5 Å². The van der Waals surface area contributed by atoms with Crippen LogP contribution >= 0.6 is 23.5 Å². The number of methoxy groups -OCH3 is 1. The highest BCUT2D eigenvalue weighted by Crippen LogP contribution is 2.66.